The van der Waals surface area contributed by atoms with E-state index in [1.54, 1.807) is 6.07 Å². The molecule has 0 amide bonds. The lowest BCUT2D eigenvalue weighted by atomic mass is 10.4. The fourth-order valence-electron chi connectivity index (χ4n) is 1.59. The van der Waals surface area contributed by atoms with Gasteiger partial charge in [0.05, 0.1) is 0 Å². The summed E-state index contributed by atoms with van der Waals surface area (Å²) in [5.41, 5.74) is 0. The van der Waals surface area contributed by atoms with Crippen LogP contribution < -0.4 is 5.32 Å². The van der Waals surface area contributed by atoms with Gasteiger partial charge in [-0.2, -0.15) is 17.5 Å². The second-order valence-electron chi connectivity index (χ2n) is 4.80. The Kier molecular flexibility index (Phi) is 6.21. The minimum absolute atomic E-state index is 0.0610. The molecule has 21 heavy (non-hydrogen) atoms. The van der Waals surface area contributed by atoms with Gasteiger partial charge < -0.3 is 5.32 Å². The van der Waals surface area contributed by atoms with Crippen LogP contribution in [0.15, 0.2) is 16.3 Å². The van der Waals surface area contributed by atoms with E-state index in [0.717, 1.165) is 16.2 Å². The summed E-state index contributed by atoms with van der Waals surface area (Å²) in [7, 11) is -4.10. The van der Waals surface area contributed by atoms with Crippen molar-refractivity contribution in [2.75, 3.05) is 13.1 Å². The maximum atomic E-state index is 12.4. The Morgan fingerprint density at radius 2 is 1.95 bits per heavy atom. The lowest BCUT2D eigenvalue weighted by molar-refractivity contribution is -0.135. The molecule has 0 bridgehead atoms. The lowest BCUT2D eigenvalue weighted by Crippen LogP contribution is -2.38. The molecule has 0 aliphatic heterocycles. The first-order valence-corrected chi connectivity index (χ1v) is 8.71. The van der Waals surface area contributed by atoms with Crippen LogP contribution in [0.2, 0.25) is 0 Å². The number of hydrogen-bond donors (Lipinski definition) is 1. The van der Waals surface area contributed by atoms with E-state index in [1.165, 1.54) is 13.0 Å². The Bertz CT molecular complexity index is 553. The summed E-state index contributed by atoms with van der Waals surface area (Å²) < 4.78 is 62.1. The number of thiophene rings is 1. The highest BCUT2D eigenvalue weighted by Crippen LogP contribution is 2.27. The van der Waals surface area contributed by atoms with E-state index in [9.17, 15) is 21.6 Å². The quantitative estimate of drug-likeness (QED) is 0.827. The molecule has 0 fully saturated rings. The number of alkyl halides is 3. The van der Waals surface area contributed by atoms with Crippen LogP contribution in [0.5, 0.6) is 0 Å². The Hall–Kier alpha value is -0.640. The van der Waals surface area contributed by atoms with Crippen LogP contribution in [0.1, 0.15) is 25.6 Å². The number of rotatable bonds is 7. The van der Waals surface area contributed by atoms with Gasteiger partial charge >= 0.3 is 6.18 Å². The molecule has 1 heterocycles. The van der Waals surface area contributed by atoms with E-state index in [0.29, 0.717) is 10.8 Å². The SMILES string of the molecule is CCN(CC(F)(F)F)S(=O)(=O)c1ccc(CNC(C)C)s1. The highest BCUT2D eigenvalue weighted by atomic mass is 32.2. The molecule has 1 rings (SSSR count). The topological polar surface area (TPSA) is 49.4 Å². The van der Waals surface area contributed by atoms with Gasteiger partial charge in [-0.15, -0.1) is 11.3 Å². The van der Waals surface area contributed by atoms with Crippen molar-refractivity contribution in [2.24, 2.45) is 0 Å². The van der Waals surface area contributed by atoms with Crippen molar-refractivity contribution in [3.63, 3.8) is 0 Å². The maximum Gasteiger partial charge on any atom is 0.402 e. The monoisotopic (exact) mass is 344 g/mol. The van der Waals surface area contributed by atoms with Crippen molar-refractivity contribution in [3.8, 4) is 0 Å². The molecule has 0 radical (unpaired) electrons. The number of halogens is 3. The highest BCUT2D eigenvalue weighted by Gasteiger charge is 2.36. The Morgan fingerprint density at radius 1 is 1.33 bits per heavy atom. The molecule has 4 nitrogen and oxygen atoms in total. The van der Waals surface area contributed by atoms with Crippen LogP contribution in [0.3, 0.4) is 0 Å². The molecule has 0 saturated carbocycles. The molecular weight excluding hydrogens is 325 g/mol. The zero-order valence-corrected chi connectivity index (χ0v) is 13.7. The number of nitrogens with one attached hydrogen (secondary N) is 1. The first-order chi connectivity index (χ1) is 9.56. The number of hydrogen-bond acceptors (Lipinski definition) is 4. The molecule has 0 aliphatic rings. The summed E-state index contributed by atoms with van der Waals surface area (Å²) in [5, 5.41) is 3.13. The predicted octanol–water partition coefficient (Wildman–Crippen LogP) is 2.82. The summed E-state index contributed by atoms with van der Waals surface area (Å²) in [5.74, 6) is 0. The summed E-state index contributed by atoms with van der Waals surface area (Å²) in [6.07, 6.45) is -4.55. The van der Waals surface area contributed by atoms with Gasteiger partial charge in [0.2, 0.25) is 0 Å². The van der Waals surface area contributed by atoms with Gasteiger partial charge in [0, 0.05) is 24.0 Å². The average Bonchev–Trinajstić information content (AvgIpc) is 2.81. The highest BCUT2D eigenvalue weighted by molar-refractivity contribution is 7.91. The maximum absolute atomic E-state index is 12.4. The van der Waals surface area contributed by atoms with Gasteiger partial charge in [-0.25, -0.2) is 8.42 Å². The first-order valence-electron chi connectivity index (χ1n) is 6.45. The van der Waals surface area contributed by atoms with Crippen molar-refractivity contribution in [2.45, 2.75) is 43.7 Å². The van der Waals surface area contributed by atoms with Crippen molar-refractivity contribution in [1.29, 1.82) is 0 Å². The van der Waals surface area contributed by atoms with Crippen molar-refractivity contribution in [1.82, 2.24) is 9.62 Å². The predicted molar refractivity (Wildman–Crippen MR) is 76.8 cm³/mol. The van der Waals surface area contributed by atoms with E-state index in [2.05, 4.69) is 5.32 Å². The minimum Gasteiger partial charge on any atom is -0.310 e. The molecule has 1 N–H and O–H groups in total. The fourth-order valence-corrected chi connectivity index (χ4v) is 4.49. The lowest BCUT2D eigenvalue weighted by Gasteiger charge is -2.20. The smallest absolute Gasteiger partial charge is 0.310 e. The summed E-state index contributed by atoms with van der Waals surface area (Å²) >= 11 is 0.992. The van der Waals surface area contributed by atoms with Crippen LogP contribution in [-0.4, -0.2) is 38.0 Å². The Morgan fingerprint density at radius 3 is 2.43 bits per heavy atom. The molecule has 0 aliphatic carbocycles. The average molecular weight is 344 g/mol. The molecular formula is C12H19F3N2O2S2. The number of nitrogens with zero attached hydrogens (tertiary/aromatic N) is 1. The zero-order valence-electron chi connectivity index (χ0n) is 12.1. The Labute approximate surface area is 127 Å². The van der Waals surface area contributed by atoms with Crippen molar-refractivity contribution >= 4 is 21.4 Å². The first kappa shape index (κ1) is 18.4. The van der Waals surface area contributed by atoms with Crippen LogP contribution in [0, 0.1) is 0 Å². The largest absolute Gasteiger partial charge is 0.402 e. The van der Waals surface area contributed by atoms with Crippen LogP contribution >= 0.6 is 11.3 Å². The van der Waals surface area contributed by atoms with Crippen molar-refractivity contribution < 1.29 is 21.6 Å². The second-order valence-corrected chi connectivity index (χ2v) is 8.14. The Balaban J connectivity index is 2.91. The third-order valence-corrected chi connectivity index (χ3v) is 6.10. The third-order valence-electron chi connectivity index (χ3n) is 2.62. The summed E-state index contributed by atoms with van der Waals surface area (Å²) in [4.78, 5) is 0.769. The third kappa shape index (κ3) is 5.57. The number of sulfonamides is 1. The summed E-state index contributed by atoms with van der Waals surface area (Å²) in [6, 6.07) is 3.22. The van der Waals surface area contributed by atoms with E-state index < -0.39 is 22.7 Å². The standard InChI is InChI=1S/C12H19F3N2O2S2/c1-4-17(8-12(13,14)15)21(18,19)11-6-5-10(20-11)7-16-9(2)3/h5-6,9,16H,4,7-8H2,1-3H3. The fraction of sp³-hybridized carbons (Fsp3) is 0.667. The van der Waals surface area contributed by atoms with Gasteiger partial charge in [0.15, 0.2) is 0 Å². The minimum atomic E-state index is -4.55. The van der Waals surface area contributed by atoms with Gasteiger partial charge in [-0.1, -0.05) is 20.8 Å². The molecule has 0 spiro atoms. The van der Waals surface area contributed by atoms with E-state index in [1.807, 2.05) is 13.8 Å². The van der Waals surface area contributed by atoms with Gasteiger partial charge in [-0.05, 0) is 12.1 Å². The van der Waals surface area contributed by atoms with Gasteiger partial charge in [0.25, 0.3) is 10.0 Å². The molecule has 1 aromatic rings. The molecule has 9 heteroatoms. The summed E-state index contributed by atoms with van der Waals surface area (Å²) in [6.45, 7) is 4.09. The van der Waals surface area contributed by atoms with Crippen molar-refractivity contribution in [3.05, 3.63) is 17.0 Å². The van der Waals surface area contributed by atoms with E-state index in [4.69, 9.17) is 0 Å². The normalized spacial score (nSPS) is 13.3. The molecule has 0 aromatic carbocycles. The molecule has 0 unspecified atom stereocenters. The van der Waals surface area contributed by atoms with Crippen LogP contribution in [0.25, 0.3) is 0 Å². The molecule has 1 aromatic heterocycles. The van der Waals surface area contributed by atoms with E-state index >= 15 is 0 Å². The second kappa shape index (κ2) is 7.08. The molecule has 122 valence electrons. The molecule has 0 saturated heterocycles. The van der Waals surface area contributed by atoms with Crippen LogP contribution in [-0.2, 0) is 16.6 Å². The molecule has 0 atom stereocenters. The van der Waals surface area contributed by atoms with Gasteiger partial charge in [0.1, 0.15) is 10.8 Å². The van der Waals surface area contributed by atoms with E-state index in [-0.39, 0.29) is 16.8 Å². The van der Waals surface area contributed by atoms with Gasteiger partial charge in [-0.3, -0.25) is 0 Å². The van der Waals surface area contributed by atoms with Crippen LogP contribution in [0.4, 0.5) is 13.2 Å². The zero-order chi connectivity index (χ0) is 16.3.